The molecule has 2 N–H and O–H groups in total. The van der Waals surface area contributed by atoms with Crippen molar-refractivity contribution in [3.63, 3.8) is 0 Å². The van der Waals surface area contributed by atoms with E-state index in [0.29, 0.717) is 24.2 Å². The van der Waals surface area contributed by atoms with Gasteiger partial charge in [0.25, 0.3) is 0 Å². The van der Waals surface area contributed by atoms with Crippen molar-refractivity contribution in [2.75, 3.05) is 28.4 Å². The topological polar surface area (TPSA) is 94.5 Å². The Balaban J connectivity index is 1.65. The van der Waals surface area contributed by atoms with Crippen LogP contribution in [0, 0.1) is 0 Å². The Morgan fingerprint density at radius 2 is 0.860 bits per heavy atom. The van der Waals surface area contributed by atoms with Crippen LogP contribution in [0.2, 0.25) is 0 Å². The number of aromatic hydroxyl groups is 1. The molecule has 0 heterocycles. The van der Waals surface area contributed by atoms with Crippen LogP contribution in [0.15, 0.2) is 109 Å². The van der Waals surface area contributed by atoms with E-state index in [0.717, 1.165) is 45.1 Å². The first-order valence-electron chi connectivity index (χ1n) is 16.8. The fourth-order valence-electron chi connectivity index (χ4n) is 6.73. The number of benzene rings is 5. The largest absolute Gasteiger partial charge is 0.507 e. The Hall–Kier alpha value is -5.43. The van der Waals surface area contributed by atoms with Gasteiger partial charge in [-0.3, -0.25) is 0 Å². The first kappa shape index (κ1) is 35.9. The Kier molecular flexibility index (Phi) is 11.7. The molecule has 0 radical (unpaired) electrons. The van der Waals surface area contributed by atoms with Gasteiger partial charge in [0.2, 0.25) is 0 Å². The summed E-state index contributed by atoms with van der Waals surface area (Å²) >= 11 is 0. The molecule has 0 aliphatic carbocycles. The molecule has 50 heavy (non-hydrogen) atoms. The third kappa shape index (κ3) is 8.23. The monoisotopic (exact) mass is 674 g/mol. The number of hydrogen-bond donors (Lipinski definition) is 2. The molecule has 5 rings (SSSR count). The maximum atomic E-state index is 12.8. The minimum atomic E-state index is -1.18. The fourth-order valence-corrected chi connectivity index (χ4v) is 6.73. The molecular weight excluding hydrogens is 628 g/mol. The number of aromatic carboxylic acids is 1. The van der Waals surface area contributed by atoms with Gasteiger partial charge < -0.3 is 29.2 Å². The maximum absolute atomic E-state index is 12.8. The average molecular weight is 675 g/mol. The lowest BCUT2D eigenvalue weighted by Gasteiger charge is -2.28. The van der Waals surface area contributed by atoms with Crippen LogP contribution in [-0.4, -0.2) is 44.6 Å². The molecule has 0 aliphatic rings. The minimum Gasteiger partial charge on any atom is -0.507 e. The van der Waals surface area contributed by atoms with E-state index in [1.165, 1.54) is 0 Å². The van der Waals surface area contributed by atoms with Crippen molar-refractivity contribution >= 4 is 5.97 Å². The molecule has 7 heteroatoms. The Morgan fingerprint density at radius 1 is 0.520 bits per heavy atom. The summed E-state index contributed by atoms with van der Waals surface area (Å²) in [5.74, 6) is 1.28. The van der Waals surface area contributed by atoms with E-state index >= 15 is 0 Å². The number of carbonyl (C=O) groups is 1. The Bertz CT molecular complexity index is 1850. The lowest BCUT2D eigenvalue weighted by atomic mass is 9.77. The Morgan fingerprint density at radius 3 is 1.22 bits per heavy atom. The summed E-state index contributed by atoms with van der Waals surface area (Å²) in [4.78, 5) is 12.8. The number of methoxy groups -OCH3 is 4. The number of rotatable bonds is 15. The fraction of sp³-hybridized carbons (Fsp3) is 0.279. The zero-order valence-corrected chi connectivity index (χ0v) is 29.6. The van der Waals surface area contributed by atoms with E-state index in [9.17, 15) is 15.0 Å². The van der Waals surface area contributed by atoms with Gasteiger partial charge in [0.1, 0.15) is 34.3 Å². The van der Waals surface area contributed by atoms with Gasteiger partial charge in [0, 0.05) is 17.4 Å². The van der Waals surface area contributed by atoms with Crippen molar-refractivity contribution < 1.29 is 34.0 Å². The van der Waals surface area contributed by atoms with E-state index < -0.39 is 5.97 Å². The number of carboxylic acid groups (broad SMARTS) is 1. The second-order valence-corrected chi connectivity index (χ2v) is 12.8. The molecule has 0 aromatic heterocycles. The van der Waals surface area contributed by atoms with Crippen LogP contribution in [0.25, 0.3) is 0 Å². The molecule has 0 saturated heterocycles. The van der Waals surface area contributed by atoms with E-state index in [1.807, 2.05) is 91.0 Å². The van der Waals surface area contributed by atoms with Gasteiger partial charge in [-0.1, -0.05) is 68.4 Å². The second kappa shape index (κ2) is 16.3. The molecule has 0 bridgehead atoms. The van der Waals surface area contributed by atoms with Crippen LogP contribution < -0.4 is 18.9 Å². The molecule has 7 nitrogen and oxygen atoms in total. The summed E-state index contributed by atoms with van der Waals surface area (Å²) in [7, 11) is 6.55. The van der Waals surface area contributed by atoms with E-state index in [4.69, 9.17) is 18.9 Å². The zero-order chi connectivity index (χ0) is 35.8. The second-order valence-electron chi connectivity index (χ2n) is 12.8. The van der Waals surface area contributed by atoms with Gasteiger partial charge in [-0.15, -0.1) is 0 Å². The SMILES string of the molecule is COc1ccc(C(C)CC(c2ccc(OC)cc2)c2cc(C(=O)O)c(O)c(C(CC(C)c3ccc(OC)cc3)c3ccc(OC)cc3)c2)cc1. The van der Waals surface area contributed by atoms with Crippen molar-refractivity contribution in [1.29, 1.82) is 0 Å². The number of carboxylic acids is 1. The molecular formula is C43H46O7. The van der Waals surface area contributed by atoms with Gasteiger partial charge in [0.15, 0.2) is 0 Å². The third-order valence-electron chi connectivity index (χ3n) is 9.75. The highest BCUT2D eigenvalue weighted by molar-refractivity contribution is 5.92. The molecule has 0 saturated carbocycles. The lowest BCUT2D eigenvalue weighted by molar-refractivity contribution is 0.0693. The highest BCUT2D eigenvalue weighted by atomic mass is 16.5. The first-order valence-corrected chi connectivity index (χ1v) is 16.8. The summed E-state index contributed by atoms with van der Waals surface area (Å²) in [6, 6.07) is 35.4. The quantitative estimate of drug-likeness (QED) is 0.114. The molecule has 260 valence electrons. The zero-order valence-electron chi connectivity index (χ0n) is 29.6. The lowest BCUT2D eigenvalue weighted by Crippen LogP contribution is -2.13. The van der Waals surface area contributed by atoms with Gasteiger partial charge in [-0.2, -0.15) is 0 Å². The number of ether oxygens (including phenoxy) is 4. The predicted molar refractivity (Wildman–Crippen MR) is 197 cm³/mol. The molecule has 0 aliphatic heterocycles. The van der Waals surface area contributed by atoms with Crippen molar-refractivity contribution in [3.8, 4) is 28.7 Å². The normalized spacial score (nSPS) is 13.5. The standard InChI is InChI=1S/C43H46O7/c1-27(29-7-15-34(47-3)16-8-29)23-38(31-11-19-36(49-5)20-12-31)33-25-40(42(44)41(26-33)43(45)46)39(32-13-21-37(50-6)22-14-32)24-28(2)30-9-17-35(48-4)18-10-30/h7-22,25-28,38-39,44H,23-24H2,1-6H3,(H,45,46). The molecule has 0 amide bonds. The number of hydrogen-bond acceptors (Lipinski definition) is 6. The molecule has 5 aromatic carbocycles. The first-order chi connectivity index (χ1) is 24.1. The van der Waals surface area contributed by atoms with Crippen molar-refractivity contribution in [3.05, 3.63) is 148 Å². The average Bonchev–Trinajstić information content (AvgIpc) is 3.16. The van der Waals surface area contributed by atoms with Gasteiger partial charge in [-0.05, 0) is 107 Å². The molecule has 0 spiro atoms. The van der Waals surface area contributed by atoms with Crippen LogP contribution in [0.4, 0.5) is 0 Å². The summed E-state index contributed by atoms with van der Waals surface area (Å²) in [6.45, 7) is 4.32. The van der Waals surface area contributed by atoms with E-state index in [-0.39, 0.29) is 35.0 Å². The van der Waals surface area contributed by atoms with E-state index in [2.05, 4.69) is 26.0 Å². The van der Waals surface area contributed by atoms with Gasteiger partial charge in [-0.25, -0.2) is 4.79 Å². The molecule has 5 aromatic rings. The smallest absolute Gasteiger partial charge is 0.339 e. The third-order valence-corrected chi connectivity index (χ3v) is 9.75. The van der Waals surface area contributed by atoms with Gasteiger partial charge in [0.05, 0.1) is 28.4 Å². The van der Waals surface area contributed by atoms with Crippen LogP contribution in [0.1, 0.15) is 94.1 Å². The highest BCUT2D eigenvalue weighted by Crippen LogP contribution is 2.44. The highest BCUT2D eigenvalue weighted by Gasteiger charge is 2.29. The summed E-state index contributed by atoms with van der Waals surface area (Å²) in [5, 5.41) is 22.2. The number of phenols is 1. The molecule has 0 fully saturated rings. The molecule has 4 unspecified atom stereocenters. The predicted octanol–water partition coefficient (Wildman–Crippen LogP) is 9.78. The van der Waals surface area contributed by atoms with Crippen molar-refractivity contribution in [1.82, 2.24) is 0 Å². The summed E-state index contributed by atoms with van der Waals surface area (Å²) in [6.07, 6.45) is 1.31. The Labute approximate surface area is 295 Å². The van der Waals surface area contributed by atoms with Crippen LogP contribution >= 0.6 is 0 Å². The summed E-state index contributed by atoms with van der Waals surface area (Å²) < 4.78 is 21.7. The maximum Gasteiger partial charge on any atom is 0.339 e. The minimum absolute atomic E-state index is 0.0665. The summed E-state index contributed by atoms with van der Waals surface area (Å²) in [5.41, 5.74) is 5.49. The van der Waals surface area contributed by atoms with Crippen LogP contribution in [0.3, 0.4) is 0 Å². The van der Waals surface area contributed by atoms with Gasteiger partial charge >= 0.3 is 5.97 Å². The molecule has 4 atom stereocenters. The van der Waals surface area contributed by atoms with Crippen LogP contribution in [-0.2, 0) is 0 Å². The van der Waals surface area contributed by atoms with Crippen molar-refractivity contribution in [2.45, 2.75) is 50.4 Å². The van der Waals surface area contributed by atoms with Crippen LogP contribution in [0.5, 0.6) is 28.7 Å². The van der Waals surface area contributed by atoms with Crippen molar-refractivity contribution in [2.24, 2.45) is 0 Å². The van der Waals surface area contributed by atoms with E-state index in [1.54, 1.807) is 34.5 Å².